The van der Waals surface area contributed by atoms with Crippen molar-refractivity contribution in [3.63, 3.8) is 0 Å². The van der Waals surface area contributed by atoms with Crippen molar-refractivity contribution >= 4 is 11.8 Å². The van der Waals surface area contributed by atoms with E-state index in [0.29, 0.717) is 6.42 Å². The summed E-state index contributed by atoms with van der Waals surface area (Å²) in [5.41, 5.74) is 0. The molecule has 1 atom stereocenters. The monoisotopic (exact) mass is 158 g/mol. The van der Waals surface area contributed by atoms with Crippen molar-refractivity contribution < 1.29 is 14.7 Å². The first-order valence-electron chi connectivity index (χ1n) is 3.76. The van der Waals surface area contributed by atoms with Crippen molar-refractivity contribution in [1.82, 2.24) is 0 Å². The third-order valence-corrected chi connectivity index (χ3v) is 1.63. The van der Waals surface area contributed by atoms with Crippen LogP contribution in [-0.4, -0.2) is 16.9 Å². The number of aliphatic carboxylic acids is 1. The first-order valence-corrected chi connectivity index (χ1v) is 3.76. The average Bonchev–Trinajstić information content (AvgIpc) is 1.85. The van der Waals surface area contributed by atoms with Gasteiger partial charge >= 0.3 is 5.97 Å². The maximum atomic E-state index is 11.0. The smallest absolute Gasteiger partial charge is 0.314 e. The van der Waals surface area contributed by atoms with E-state index in [0.717, 1.165) is 0 Å². The van der Waals surface area contributed by atoms with Crippen molar-refractivity contribution in [1.29, 1.82) is 0 Å². The fourth-order valence-corrected chi connectivity index (χ4v) is 1.01. The Kier molecular flexibility index (Phi) is 3.79. The van der Waals surface area contributed by atoms with Gasteiger partial charge in [0.05, 0.1) is 0 Å². The van der Waals surface area contributed by atoms with Gasteiger partial charge in [-0.05, 0) is 5.92 Å². The highest BCUT2D eigenvalue weighted by Crippen LogP contribution is 2.13. The minimum Gasteiger partial charge on any atom is -0.481 e. The van der Waals surface area contributed by atoms with Gasteiger partial charge in [0.2, 0.25) is 0 Å². The van der Waals surface area contributed by atoms with Gasteiger partial charge in [-0.15, -0.1) is 0 Å². The number of Topliss-reactive ketones (excluding diaryl/α,β-unsaturated/α-hetero) is 1. The number of carbonyl (C=O) groups excluding carboxylic acids is 1. The van der Waals surface area contributed by atoms with Gasteiger partial charge in [-0.3, -0.25) is 9.59 Å². The highest BCUT2D eigenvalue weighted by atomic mass is 16.4. The highest BCUT2D eigenvalue weighted by molar-refractivity contribution is 5.98. The summed E-state index contributed by atoms with van der Waals surface area (Å²) in [6, 6.07) is 0. The number of hydrogen-bond donors (Lipinski definition) is 1. The molecule has 0 aromatic heterocycles. The predicted molar refractivity (Wildman–Crippen MR) is 41.3 cm³/mol. The van der Waals surface area contributed by atoms with Crippen LogP contribution in [0.1, 0.15) is 27.2 Å². The lowest BCUT2D eigenvalue weighted by molar-refractivity contribution is -0.148. The molecule has 1 unspecified atom stereocenters. The topological polar surface area (TPSA) is 54.4 Å². The van der Waals surface area contributed by atoms with E-state index in [4.69, 9.17) is 5.11 Å². The Balaban J connectivity index is 4.34. The van der Waals surface area contributed by atoms with Crippen molar-refractivity contribution in [2.75, 3.05) is 0 Å². The number of hydrogen-bond acceptors (Lipinski definition) is 2. The standard InChI is InChI=1S/C8H14O3/c1-4-6(9)7(5(2)3)8(10)11/h5,7H,4H2,1-3H3,(H,10,11). The van der Waals surface area contributed by atoms with Crippen LogP contribution in [-0.2, 0) is 9.59 Å². The third kappa shape index (κ3) is 2.70. The van der Waals surface area contributed by atoms with Gasteiger partial charge in [0.25, 0.3) is 0 Å². The van der Waals surface area contributed by atoms with Crippen LogP contribution in [0.25, 0.3) is 0 Å². The summed E-state index contributed by atoms with van der Waals surface area (Å²) in [6.07, 6.45) is 0.301. The van der Waals surface area contributed by atoms with Gasteiger partial charge in [0.15, 0.2) is 0 Å². The van der Waals surface area contributed by atoms with Crippen molar-refractivity contribution in [2.45, 2.75) is 27.2 Å². The van der Waals surface area contributed by atoms with Gasteiger partial charge in [-0.2, -0.15) is 0 Å². The SMILES string of the molecule is CCC(=O)C(C(=O)O)C(C)C. The Labute approximate surface area is 66.4 Å². The number of carboxylic acid groups (broad SMARTS) is 1. The first-order chi connectivity index (χ1) is 5.00. The van der Waals surface area contributed by atoms with E-state index in [2.05, 4.69) is 0 Å². The third-order valence-electron chi connectivity index (χ3n) is 1.63. The quantitative estimate of drug-likeness (QED) is 0.628. The second kappa shape index (κ2) is 4.11. The van der Waals surface area contributed by atoms with Crippen LogP contribution in [0.2, 0.25) is 0 Å². The molecule has 0 rings (SSSR count). The number of rotatable bonds is 4. The van der Waals surface area contributed by atoms with Gasteiger partial charge in [-0.25, -0.2) is 0 Å². The molecule has 3 heteroatoms. The highest BCUT2D eigenvalue weighted by Gasteiger charge is 2.27. The largest absolute Gasteiger partial charge is 0.481 e. The molecular formula is C8H14O3. The Morgan fingerprint density at radius 3 is 1.91 bits per heavy atom. The minimum atomic E-state index is -1.01. The van der Waals surface area contributed by atoms with E-state index in [1.54, 1.807) is 20.8 Å². The van der Waals surface area contributed by atoms with Gasteiger partial charge < -0.3 is 5.11 Å². The zero-order valence-corrected chi connectivity index (χ0v) is 7.13. The maximum absolute atomic E-state index is 11.0. The molecule has 0 radical (unpaired) electrons. The molecule has 0 saturated carbocycles. The molecule has 0 spiro atoms. The fourth-order valence-electron chi connectivity index (χ4n) is 1.01. The molecule has 0 heterocycles. The fraction of sp³-hybridized carbons (Fsp3) is 0.750. The van der Waals surface area contributed by atoms with Gasteiger partial charge in [0, 0.05) is 6.42 Å². The van der Waals surface area contributed by atoms with Crippen LogP contribution < -0.4 is 0 Å². The molecule has 0 aliphatic carbocycles. The molecule has 0 bridgehead atoms. The summed E-state index contributed by atoms with van der Waals surface area (Å²) in [5, 5.41) is 8.62. The lowest BCUT2D eigenvalue weighted by Crippen LogP contribution is -2.27. The second-order valence-electron chi connectivity index (χ2n) is 2.88. The lowest BCUT2D eigenvalue weighted by atomic mass is 9.90. The van der Waals surface area contributed by atoms with Crippen LogP contribution in [0.5, 0.6) is 0 Å². The van der Waals surface area contributed by atoms with Crippen LogP contribution >= 0.6 is 0 Å². The van der Waals surface area contributed by atoms with Gasteiger partial charge in [0.1, 0.15) is 11.7 Å². The van der Waals surface area contributed by atoms with E-state index in [1.165, 1.54) is 0 Å². The molecular weight excluding hydrogens is 144 g/mol. The summed E-state index contributed by atoms with van der Waals surface area (Å²) in [4.78, 5) is 21.5. The molecule has 0 aliphatic heterocycles. The predicted octanol–water partition coefficient (Wildman–Crippen LogP) is 1.32. The summed E-state index contributed by atoms with van der Waals surface area (Å²) >= 11 is 0. The molecule has 0 aliphatic rings. The van der Waals surface area contributed by atoms with Crippen molar-refractivity contribution in [2.24, 2.45) is 11.8 Å². The zero-order valence-electron chi connectivity index (χ0n) is 7.13. The molecule has 0 saturated heterocycles. The Hall–Kier alpha value is -0.860. The van der Waals surface area contributed by atoms with Gasteiger partial charge in [-0.1, -0.05) is 20.8 Å². The normalized spacial score (nSPS) is 13.1. The summed E-state index contributed by atoms with van der Waals surface area (Å²) < 4.78 is 0. The summed E-state index contributed by atoms with van der Waals surface area (Å²) in [7, 11) is 0. The molecule has 3 nitrogen and oxygen atoms in total. The minimum absolute atomic E-state index is 0.111. The number of carboxylic acids is 1. The molecule has 0 aromatic rings. The molecule has 0 fully saturated rings. The van der Waals surface area contributed by atoms with Crippen LogP contribution in [0.15, 0.2) is 0 Å². The first kappa shape index (κ1) is 10.1. The summed E-state index contributed by atoms with van der Waals surface area (Å²) in [5.74, 6) is -2.13. The van der Waals surface area contributed by atoms with E-state index in [1.807, 2.05) is 0 Å². The van der Waals surface area contributed by atoms with E-state index >= 15 is 0 Å². The summed E-state index contributed by atoms with van der Waals surface area (Å²) in [6.45, 7) is 5.17. The Bertz CT molecular complexity index is 161. The van der Waals surface area contributed by atoms with Crippen LogP contribution in [0.3, 0.4) is 0 Å². The zero-order chi connectivity index (χ0) is 9.02. The van der Waals surface area contributed by atoms with E-state index in [9.17, 15) is 9.59 Å². The van der Waals surface area contributed by atoms with Crippen molar-refractivity contribution in [3.05, 3.63) is 0 Å². The van der Waals surface area contributed by atoms with E-state index in [-0.39, 0.29) is 11.7 Å². The molecule has 1 N–H and O–H groups in total. The number of carbonyl (C=O) groups is 2. The van der Waals surface area contributed by atoms with Crippen LogP contribution in [0.4, 0.5) is 0 Å². The maximum Gasteiger partial charge on any atom is 0.314 e. The average molecular weight is 158 g/mol. The number of ketones is 1. The van der Waals surface area contributed by atoms with Crippen molar-refractivity contribution in [3.8, 4) is 0 Å². The second-order valence-corrected chi connectivity index (χ2v) is 2.88. The molecule has 0 aromatic carbocycles. The van der Waals surface area contributed by atoms with Crippen LogP contribution in [0, 0.1) is 11.8 Å². The lowest BCUT2D eigenvalue weighted by Gasteiger charge is -2.12. The Morgan fingerprint density at radius 1 is 1.36 bits per heavy atom. The van der Waals surface area contributed by atoms with E-state index < -0.39 is 11.9 Å². The molecule has 11 heavy (non-hydrogen) atoms. The molecule has 0 amide bonds. The Morgan fingerprint density at radius 2 is 1.82 bits per heavy atom. The molecule has 64 valence electrons.